The first-order valence-electron chi connectivity index (χ1n) is 6.14. The van der Waals surface area contributed by atoms with Gasteiger partial charge < -0.3 is 9.84 Å². The van der Waals surface area contributed by atoms with E-state index in [0.29, 0.717) is 25.3 Å². The van der Waals surface area contributed by atoms with Gasteiger partial charge in [-0.2, -0.15) is 0 Å². The highest BCUT2D eigenvalue weighted by atomic mass is 16.5. The molecule has 0 spiro atoms. The molecule has 1 aromatic carbocycles. The second-order valence-electron chi connectivity index (χ2n) is 5.26. The van der Waals surface area contributed by atoms with Crippen molar-refractivity contribution in [3.05, 3.63) is 29.8 Å². The Morgan fingerprint density at radius 2 is 2.06 bits per heavy atom. The molecule has 4 nitrogen and oxygen atoms in total. The van der Waals surface area contributed by atoms with Crippen LogP contribution in [-0.2, 0) is 4.74 Å². The van der Waals surface area contributed by atoms with Crippen LogP contribution in [0.3, 0.4) is 0 Å². The van der Waals surface area contributed by atoms with E-state index in [9.17, 15) is 9.90 Å². The lowest BCUT2D eigenvalue weighted by Crippen LogP contribution is -2.54. The van der Waals surface area contributed by atoms with Crippen molar-refractivity contribution in [1.29, 1.82) is 0 Å². The molecule has 0 aliphatic carbocycles. The predicted octanol–water partition coefficient (Wildman–Crippen LogP) is 1.69. The lowest BCUT2D eigenvalue weighted by Gasteiger charge is -2.41. The van der Waals surface area contributed by atoms with Gasteiger partial charge in [-0.3, -0.25) is 9.69 Å². The molecule has 0 radical (unpaired) electrons. The third-order valence-electron chi connectivity index (χ3n) is 3.34. The highest BCUT2D eigenvalue weighted by Gasteiger charge is 2.31. The Morgan fingerprint density at radius 3 is 2.67 bits per heavy atom. The van der Waals surface area contributed by atoms with Gasteiger partial charge in [0.1, 0.15) is 5.75 Å². The molecule has 0 atom stereocenters. The molecule has 0 amide bonds. The number of phenols is 1. The molecule has 0 unspecified atom stereocenters. The molecule has 0 aromatic heterocycles. The van der Waals surface area contributed by atoms with Crippen molar-refractivity contribution in [3.63, 3.8) is 0 Å². The zero-order valence-electron chi connectivity index (χ0n) is 10.8. The molecule has 2 rings (SSSR count). The van der Waals surface area contributed by atoms with E-state index in [-0.39, 0.29) is 17.1 Å². The summed E-state index contributed by atoms with van der Waals surface area (Å²) in [5.74, 6) is 0.253. The number of nitrogens with zero attached hydrogens (tertiary/aromatic N) is 1. The first-order valence-corrected chi connectivity index (χ1v) is 6.14. The van der Waals surface area contributed by atoms with Crippen molar-refractivity contribution in [2.75, 3.05) is 26.3 Å². The second kappa shape index (κ2) is 5.08. The molecular formula is C14H19NO3. The van der Waals surface area contributed by atoms with Crippen LogP contribution < -0.4 is 0 Å². The summed E-state index contributed by atoms with van der Waals surface area (Å²) >= 11 is 0. The van der Waals surface area contributed by atoms with Crippen LogP contribution in [0.15, 0.2) is 24.3 Å². The van der Waals surface area contributed by atoms with Gasteiger partial charge in [0.2, 0.25) is 0 Å². The number of benzene rings is 1. The number of hydrogen-bond donors (Lipinski definition) is 1. The number of aromatic hydroxyl groups is 1. The molecule has 98 valence electrons. The molecule has 1 aromatic rings. The summed E-state index contributed by atoms with van der Waals surface area (Å²) in [5.41, 5.74) is 0.528. The van der Waals surface area contributed by atoms with Crippen molar-refractivity contribution in [2.45, 2.75) is 19.4 Å². The number of morpholine rings is 1. The van der Waals surface area contributed by atoms with E-state index in [0.717, 1.165) is 6.54 Å². The first-order chi connectivity index (χ1) is 8.49. The van der Waals surface area contributed by atoms with E-state index in [1.807, 2.05) is 0 Å². The fraction of sp³-hybridized carbons (Fsp3) is 0.500. The van der Waals surface area contributed by atoms with Gasteiger partial charge in [-0.25, -0.2) is 0 Å². The van der Waals surface area contributed by atoms with Crippen molar-refractivity contribution in [3.8, 4) is 5.75 Å². The van der Waals surface area contributed by atoms with Crippen molar-refractivity contribution >= 4 is 5.78 Å². The molecular weight excluding hydrogens is 230 g/mol. The van der Waals surface area contributed by atoms with Crippen molar-refractivity contribution in [1.82, 2.24) is 4.90 Å². The maximum Gasteiger partial charge on any atom is 0.176 e. The summed E-state index contributed by atoms with van der Waals surface area (Å²) in [6.07, 6.45) is 0. The average Bonchev–Trinajstić information content (AvgIpc) is 2.32. The van der Waals surface area contributed by atoms with Crippen LogP contribution in [0, 0.1) is 0 Å². The fourth-order valence-corrected chi connectivity index (χ4v) is 2.10. The molecule has 1 saturated heterocycles. The summed E-state index contributed by atoms with van der Waals surface area (Å²) in [7, 11) is 0. The molecule has 1 aliphatic rings. The van der Waals surface area contributed by atoms with Crippen LogP contribution in [0.1, 0.15) is 24.2 Å². The van der Waals surface area contributed by atoms with E-state index < -0.39 is 0 Å². The molecule has 4 heteroatoms. The number of Topliss-reactive ketones (excluding diaryl/α,β-unsaturated/α-hetero) is 1. The highest BCUT2D eigenvalue weighted by molar-refractivity contribution is 5.97. The smallest absolute Gasteiger partial charge is 0.176 e. The standard InChI is InChI=1S/C14H19NO3/c1-14(2)10-18-8-7-15(14)9-13(17)11-3-5-12(16)6-4-11/h3-6,16H,7-10H2,1-2H3. The van der Waals surface area contributed by atoms with Gasteiger partial charge in [0.05, 0.1) is 19.8 Å². The second-order valence-corrected chi connectivity index (χ2v) is 5.26. The van der Waals surface area contributed by atoms with E-state index in [4.69, 9.17) is 4.74 Å². The van der Waals surface area contributed by atoms with E-state index >= 15 is 0 Å². The highest BCUT2D eigenvalue weighted by Crippen LogP contribution is 2.19. The quantitative estimate of drug-likeness (QED) is 0.828. The average molecular weight is 249 g/mol. The van der Waals surface area contributed by atoms with Gasteiger partial charge in [0.25, 0.3) is 0 Å². The lowest BCUT2D eigenvalue weighted by molar-refractivity contribution is -0.0467. The molecule has 1 N–H and O–H groups in total. The van der Waals surface area contributed by atoms with E-state index in [1.165, 1.54) is 12.1 Å². The molecule has 1 aliphatic heterocycles. The van der Waals surface area contributed by atoms with Gasteiger partial charge in [0, 0.05) is 17.6 Å². The monoisotopic (exact) mass is 249 g/mol. The Kier molecular flexibility index (Phi) is 3.68. The summed E-state index contributed by atoms with van der Waals surface area (Å²) < 4.78 is 5.43. The number of phenolic OH excluding ortho intramolecular Hbond substituents is 1. The fourth-order valence-electron chi connectivity index (χ4n) is 2.10. The lowest BCUT2D eigenvalue weighted by atomic mass is 10.0. The first kappa shape index (κ1) is 13.1. The molecule has 0 bridgehead atoms. The minimum Gasteiger partial charge on any atom is -0.508 e. The Bertz CT molecular complexity index is 425. The predicted molar refractivity (Wildman–Crippen MR) is 68.9 cm³/mol. The summed E-state index contributed by atoms with van der Waals surface area (Å²) in [6.45, 7) is 6.65. The normalized spacial score (nSPS) is 19.7. The Balaban J connectivity index is 2.04. The minimum absolute atomic E-state index is 0.0741. The third-order valence-corrected chi connectivity index (χ3v) is 3.34. The largest absolute Gasteiger partial charge is 0.508 e. The summed E-state index contributed by atoms with van der Waals surface area (Å²) in [5, 5.41) is 9.20. The maximum absolute atomic E-state index is 12.1. The maximum atomic E-state index is 12.1. The third kappa shape index (κ3) is 2.89. The topological polar surface area (TPSA) is 49.8 Å². The summed E-state index contributed by atoms with van der Waals surface area (Å²) in [6, 6.07) is 6.39. The number of ketones is 1. The number of carbonyl (C=O) groups excluding carboxylic acids is 1. The van der Waals surface area contributed by atoms with Crippen LogP contribution >= 0.6 is 0 Å². The number of ether oxygens (including phenoxy) is 1. The summed E-state index contributed by atoms with van der Waals surface area (Å²) in [4.78, 5) is 14.3. The van der Waals surface area contributed by atoms with Crippen molar-refractivity contribution < 1.29 is 14.6 Å². The van der Waals surface area contributed by atoms with Gasteiger partial charge in [-0.15, -0.1) is 0 Å². The Labute approximate surface area is 107 Å². The zero-order valence-corrected chi connectivity index (χ0v) is 10.8. The SMILES string of the molecule is CC1(C)COCCN1CC(=O)c1ccc(O)cc1. The molecule has 18 heavy (non-hydrogen) atoms. The van der Waals surface area contributed by atoms with Crippen LogP contribution in [0.5, 0.6) is 5.75 Å². The van der Waals surface area contributed by atoms with Gasteiger partial charge >= 0.3 is 0 Å². The van der Waals surface area contributed by atoms with Crippen LogP contribution in [0.2, 0.25) is 0 Å². The van der Waals surface area contributed by atoms with E-state index in [1.54, 1.807) is 12.1 Å². The molecule has 1 heterocycles. The minimum atomic E-state index is -0.106. The number of carbonyl (C=O) groups is 1. The number of hydrogen-bond acceptors (Lipinski definition) is 4. The van der Waals surface area contributed by atoms with Gasteiger partial charge in [-0.1, -0.05) is 0 Å². The molecule has 0 saturated carbocycles. The Hall–Kier alpha value is -1.39. The van der Waals surface area contributed by atoms with Crippen molar-refractivity contribution in [2.24, 2.45) is 0 Å². The Morgan fingerprint density at radius 1 is 1.39 bits per heavy atom. The van der Waals surface area contributed by atoms with Crippen LogP contribution in [0.25, 0.3) is 0 Å². The van der Waals surface area contributed by atoms with Crippen LogP contribution in [-0.4, -0.2) is 47.6 Å². The molecule has 1 fully saturated rings. The number of rotatable bonds is 3. The van der Waals surface area contributed by atoms with Gasteiger partial charge in [-0.05, 0) is 38.1 Å². The van der Waals surface area contributed by atoms with Crippen LogP contribution in [0.4, 0.5) is 0 Å². The van der Waals surface area contributed by atoms with Gasteiger partial charge in [0.15, 0.2) is 5.78 Å². The zero-order chi connectivity index (χ0) is 13.2. The van der Waals surface area contributed by atoms with E-state index in [2.05, 4.69) is 18.7 Å².